The normalized spacial score (nSPS) is 13.9. The Kier molecular flexibility index (Phi) is 6.40. The van der Waals surface area contributed by atoms with Gasteiger partial charge >= 0.3 is 0 Å². The molecule has 1 aliphatic heterocycles. The van der Waals surface area contributed by atoms with Crippen molar-refractivity contribution in [3.05, 3.63) is 96.1 Å². The minimum atomic E-state index is -0.0535. The topological polar surface area (TPSA) is 130 Å². The number of nitriles is 1. The summed E-state index contributed by atoms with van der Waals surface area (Å²) in [7, 11) is 0. The predicted molar refractivity (Wildman–Crippen MR) is 147 cm³/mol. The highest BCUT2D eigenvalue weighted by atomic mass is 16.2. The number of carbonyl (C=O) groups excluding carboxylic acids is 1. The molecule has 0 spiro atoms. The summed E-state index contributed by atoms with van der Waals surface area (Å²) in [5.74, 6) is 1.06. The van der Waals surface area contributed by atoms with Crippen molar-refractivity contribution < 1.29 is 4.79 Å². The van der Waals surface area contributed by atoms with E-state index in [-0.39, 0.29) is 5.91 Å². The van der Waals surface area contributed by atoms with E-state index < -0.39 is 0 Å². The monoisotopic (exact) mass is 515 g/mol. The van der Waals surface area contributed by atoms with Crippen molar-refractivity contribution in [3.8, 4) is 23.1 Å². The number of rotatable bonds is 5. The number of piperazine rings is 1. The van der Waals surface area contributed by atoms with E-state index in [1.807, 2.05) is 39.8 Å². The fourth-order valence-corrected chi connectivity index (χ4v) is 4.83. The summed E-state index contributed by atoms with van der Waals surface area (Å²) in [6.45, 7) is 3.61. The van der Waals surface area contributed by atoms with Crippen LogP contribution in [0.15, 0.2) is 79.3 Å². The zero-order valence-electron chi connectivity index (χ0n) is 21.1. The van der Waals surface area contributed by atoms with Gasteiger partial charge < -0.3 is 10.6 Å². The van der Waals surface area contributed by atoms with Gasteiger partial charge in [0.2, 0.25) is 0 Å². The SMILES string of the molecule is N#Cc1ccc(C(=O)N2CCN(Cc3ccc(-n4c(-c5cccnc5N)nc5cccnc54)cc3)CC2)cn1. The lowest BCUT2D eigenvalue weighted by atomic mass is 10.1. The smallest absolute Gasteiger partial charge is 0.255 e. The average molecular weight is 516 g/mol. The molecule has 10 nitrogen and oxygen atoms in total. The second-order valence-corrected chi connectivity index (χ2v) is 9.33. The Bertz CT molecular complexity index is 1680. The van der Waals surface area contributed by atoms with Gasteiger partial charge in [-0.15, -0.1) is 0 Å². The van der Waals surface area contributed by atoms with E-state index in [0.717, 1.165) is 42.0 Å². The van der Waals surface area contributed by atoms with Gasteiger partial charge in [-0.1, -0.05) is 12.1 Å². The van der Waals surface area contributed by atoms with Crippen molar-refractivity contribution in [2.45, 2.75) is 6.54 Å². The van der Waals surface area contributed by atoms with Gasteiger partial charge in [0.1, 0.15) is 23.1 Å². The molecule has 39 heavy (non-hydrogen) atoms. The average Bonchev–Trinajstić information content (AvgIpc) is 3.37. The van der Waals surface area contributed by atoms with Crippen LogP contribution >= 0.6 is 0 Å². The molecule has 0 atom stereocenters. The fraction of sp³-hybridized carbons (Fsp3) is 0.172. The summed E-state index contributed by atoms with van der Waals surface area (Å²) >= 11 is 0. The quantitative estimate of drug-likeness (QED) is 0.377. The summed E-state index contributed by atoms with van der Waals surface area (Å²) in [4.78, 5) is 34.6. The van der Waals surface area contributed by atoms with Crippen LogP contribution in [-0.4, -0.2) is 66.4 Å². The van der Waals surface area contributed by atoms with Crippen LogP contribution in [0.5, 0.6) is 0 Å². The molecule has 1 saturated heterocycles. The van der Waals surface area contributed by atoms with Gasteiger partial charge in [-0.05, 0) is 54.1 Å². The lowest BCUT2D eigenvalue weighted by molar-refractivity contribution is 0.0628. The fourth-order valence-electron chi connectivity index (χ4n) is 4.83. The van der Waals surface area contributed by atoms with Crippen molar-refractivity contribution in [1.82, 2.24) is 34.3 Å². The number of amides is 1. The lowest BCUT2D eigenvalue weighted by Crippen LogP contribution is -2.48. The number of pyridine rings is 3. The van der Waals surface area contributed by atoms with E-state index in [1.54, 1.807) is 24.5 Å². The van der Waals surface area contributed by atoms with Gasteiger partial charge in [-0.25, -0.2) is 19.9 Å². The highest BCUT2D eigenvalue weighted by Gasteiger charge is 2.23. The van der Waals surface area contributed by atoms with E-state index in [1.165, 1.54) is 11.8 Å². The molecule has 0 unspecified atom stereocenters. The molecule has 0 saturated carbocycles. The van der Waals surface area contributed by atoms with Crippen LogP contribution in [0.4, 0.5) is 5.82 Å². The number of nitrogens with zero attached hydrogens (tertiary/aromatic N) is 8. The van der Waals surface area contributed by atoms with Crippen LogP contribution in [-0.2, 0) is 6.54 Å². The molecule has 5 heterocycles. The number of fused-ring (bicyclic) bond motifs is 1. The van der Waals surface area contributed by atoms with Crippen LogP contribution in [0, 0.1) is 11.3 Å². The van der Waals surface area contributed by atoms with E-state index >= 15 is 0 Å². The number of hydrogen-bond donors (Lipinski definition) is 1. The molecule has 1 amide bonds. The van der Waals surface area contributed by atoms with Crippen LogP contribution in [0.3, 0.4) is 0 Å². The lowest BCUT2D eigenvalue weighted by Gasteiger charge is -2.34. The van der Waals surface area contributed by atoms with E-state index in [4.69, 9.17) is 16.0 Å². The van der Waals surface area contributed by atoms with Gasteiger partial charge in [0.15, 0.2) is 11.5 Å². The zero-order valence-corrected chi connectivity index (χ0v) is 21.1. The molecular formula is C29H25N9O. The summed E-state index contributed by atoms with van der Waals surface area (Å²) in [5, 5.41) is 8.91. The second kappa shape index (κ2) is 10.3. The standard InChI is InChI=1S/C29H25N9O/c30-17-22-8-7-21(18-34-22)29(39)37-15-13-36(14-16-37)19-20-5-9-23(10-6-20)38-27(24-3-1-11-32-26(24)31)35-25-4-2-12-33-28(25)38/h1-12,18H,13-16,19H2,(H2,31,32). The van der Waals surface area contributed by atoms with Crippen molar-refractivity contribution in [3.63, 3.8) is 0 Å². The number of aromatic nitrogens is 5. The highest BCUT2D eigenvalue weighted by molar-refractivity contribution is 5.94. The maximum Gasteiger partial charge on any atom is 0.255 e. The van der Waals surface area contributed by atoms with Crippen LogP contribution < -0.4 is 5.73 Å². The third kappa shape index (κ3) is 4.79. The molecule has 2 N–H and O–H groups in total. The molecule has 6 rings (SSSR count). The molecule has 4 aromatic heterocycles. The first-order valence-electron chi connectivity index (χ1n) is 12.6. The summed E-state index contributed by atoms with van der Waals surface area (Å²) in [6.07, 6.45) is 4.90. The van der Waals surface area contributed by atoms with Crippen molar-refractivity contribution in [1.29, 1.82) is 5.26 Å². The minimum absolute atomic E-state index is 0.0535. The molecule has 192 valence electrons. The first-order chi connectivity index (χ1) is 19.1. The number of carbonyl (C=O) groups is 1. The van der Waals surface area contributed by atoms with Crippen molar-refractivity contribution in [2.24, 2.45) is 0 Å². The van der Waals surface area contributed by atoms with Gasteiger partial charge in [-0.3, -0.25) is 14.3 Å². The molecule has 0 radical (unpaired) electrons. The number of imidazole rings is 1. The van der Waals surface area contributed by atoms with Crippen molar-refractivity contribution in [2.75, 3.05) is 31.9 Å². The number of hydrogen-bond acceptors (Lipinski definition) is 8. The van der Waals surface area contributed by atoms with Crippen LogP contribution in [0.2, 0.25) is 0 Å². The number of benzene rings is 1. The number of nitrogen functional groups attached to an aromatic ring is 1. The maximum absolute atomic E-state index is 12.8. The van der Waals surface area contributed by atoms with E-state index in [0.29, 0.717) is 36.0 Å². The van der Waals surface area contributed by atoms with Gasteiger partial charge in [0, 0.05) is 57.0 Å². The summed E-state index contributed by atoms with van der Waals surface area (Å²) < 4.78 is 2.01. The van der Waals surface area contributed by atoms with Crippen molar-refractivity contribution >= 4 is 22.9 Å². The Hall–Kier alpha value is -5.14. The summed E-state index contributed by atoms with van der Waals surface area (Å²) in [6, 6.07) is 21.1. The maximum atomic E-state index is 12.8. The minimum Gasteiger partial charge on any atom is -0.383 e. The van der Waals surface area contributed by atoms with Crippen LogP contribution in [0.25, 0.3) is 28.2 Å². The second-order valence-electron chi connectivity index (χ2n) is 9.33. The highest BCUT2D eigenvalue weighted by Crippen LogP contribution is 2.30. The molecule has 1 aliphatic rings. The van der Waals surface area contributed by atoms with Gasteiger partial charge in [-0.2, -0.15) is 5.26 Å². The largest absolute Gasteiger partial charge is 0.383 e. The molecule has 0 bridgehead atoms. The third-order valence-corrected chi connectivity index (χ3v) is 6.88. The predicted octanol–water partition coefficient (Wildman–Crippen LogP) is 3.29. The van der Waals surface area contributed by atoms with Crippen LogP contribution in [0.1, 0.15) is 21.6 Å². The molecule has 5 aromatic rings. The number of nitrogens with two attached hydrogens (primary N) is 1. The molecule has 1 fully saturated rings. The Labute approximate surface area is 225 Å². The van der Waals surface area contributed by atoms with Gasteiger partial charge in [0.25, 0.3) is 5.91 Å². The first-order valence-corrected chi connectivity index (χ1v) is 12.6. The third-order valence-electron chi connectivity index (χ3n) is 6.88. The molecule has 1 aromatic carbocycles. The number of anilines is 1. The Morgan fingerprint density at radius 1 is 0.923 bits per heavy atom. The Balaban J connectivity index is 1.16. The molecule has 10 heteroatoms. The Morgan fingerprint density at radius 3 is 2.41 bits per heavy atom. The molecular weight excluding hydrogens is 490 g/mol. The first kappa shape index (κ1) is 24.2. The zero-order chi connectivity index (χ0) is 26.8. The Morgan fingerprint density at radius 2 is 1.69 bits per heavy atom. The van der Waals surface area contributed by atoms with E-state index in [2.05, 4.69) is 44.1 Å². The van der Waals surface area contributed by atoms with E-state index in [9.17, 15) is 4.79 Å². The molecule has 0 aliphatic carbocycles. The summed E-state index contributed by atoms with van der Waals surface area (Å²) in [5.41, 5.74) is 11.4. The van der Waals surface area contributed by atoms with Gasteiger partial charge in [0.05, 0.1) is 11.1 Å².